The molecule has 32 heavy (non-hydrogen) atoms. The van der Waals surface area contributed by atoms with Crippen LogP contribution in [0.3, 0.4) is 0 Å². The summed E-state index contributed by atoms with van der Waals surface area (Å²) in [5.41, 5.74) is 3.34. The van der Waals surface area contributed by atoms with E-state index in [1.54, 1.807) is 0 Å². The summed E-state index contributed by atoms with van der Waals surface area (Å²) in [5, 5.41) is 14.7. The van der Waals surface area contributed by atoms with Crippen molar-refractivity contribution in [3.05, 3.63) is 59.7 Å². The van der Waals surface area contributed by atoms with Crippen molar-refractivity contribution in [2.75, 3.05) is 6.61 Å². The second-order valence-corrected chi connectivity index (χ2v) is 9.08. The Bertz CT molecular complexity index is 1030. The molecule has 7 nitrogen and oxygen atoms in total. The van der Waals surface area contributed by atoms with E-state index in [1.807, 2.05) is 36.4 Å². The summed E-state index contributed by atoms with van der Waals surface area (Å²) < 4.78 is 5.57. The summed E-state index contributed by atoms with van der Waals surface area (Å²) in [7, 11) is 0. The van der Waals surface area contributed by atoms with Crippen LogP contribution in [0.5, 0.6) is 0 Å². The maximum atomic E-state index is 12.7. The van der Waals surface area contributed by atoms with Gasteiger partial charge in [0.25, 0.3) is 0 Å². The van der Waals surface area contributed by atoms with Crippen LogP contribution in [0.1, 0.15) is 49.1 Å². The van der Waals surface area contributed by atoms with Crippen molar-refractivity contribution in [1.82, 2.24) is 10.6 Å². The topological polar surface area (TPSA) is 105 Å². The number of carbonyl (C=O) groups is 3. The van der Waals surface area contributed by atoms with E-state index in [0.29, 0.717) is 25.2 Å². The Morgan fingerprint density at radius 1 is 1.00 bits per heavy atom. The summed E-state index contributed by atoms with van der Waals surface area (Å²) in [4.78, 5) is 36.8. The second kappa shape index (κ2) is 7.97. The van der Waals surface area contributed by atoms with Crippen LogP contribution in [-0.2, 0) is 14.3 Å². The van der Waals surface area contributed by atoms with Crippen molar-refractivity contribution in [1.29, 1.82) is 0 Å². The summed E-state index contributed by atoms with van der Waals surface area (Å²) in [5.74, 6) is -1.17. The summed E-state index contributed by atoms with van der Waals surface area (Å²) >= 11 is 0. The molecule has 2 aromatic carbocycles. The number of hydrogen-bond donors (Lipinski definition) is 3. The van der Waals surface area contributed by atoms with Crippen LogP contribution in [0, 0.1) is 5.92 Å². The van der Waals surface area contributed by atoms with Crippen molar-refractivity contribution in [2.24, 2.45) is 5.92 Å². The van der Waals surface area contributed by atoms with Gasteiger partial charge in [0.05, 0.1) is 0 Å². The van der Waals surface area contributed by atoms with Gasteiger partial charge in [0.2, 0.25) is 5.91 Å². The number of ether oxygens (including phenoxy) is 1. The van der Waals surface area contributed by atoms with Gasteiger partial charge in [-0.15, -0.1) is 0 Å². The van der Waals surface area contributed by atoms with E-state index in [0.717, 1.165) is 35.1 Å². The van der Waals surface area contributed by atoms with Crippen LogP contribution in [0.25, 0.3) is 11.1 Å². The summed E-state index contributed by atoms with van der Waals surface area (Å²) in [6.07, 6.45) is 2.68. The average molecular weight is 434 g/mol. The van der Waals surface area contributed by atoms with Crippen LogP contribution in [0.15, 0.2) is 48.5 Å². The molecule has 0 saturated heterocycles. The lowest BCUT2D eigenvalue weighted by atomic mass is 9.98. The number of nitrogens with one attached hydrogen (secondary N) is 2. The van der Waals surface area contributed by atoms with Crippen LogP contribution in [0.2, 0.25) is 0 Å². The first kappa shape index (κ1) is 20.5. The Labute approximate surface area is 186 Å². The largest absolute Gasteiger partial charge is 0.480 e. The van der Waals surface area contributed by atoms with Crippen LogP contribution < -0.4 is 10.6 Å². The normalized spacial score (nSPS) is 18.8. The third-order valence-corrected chi connectivity index (χ3v) is 6.74. The van der Waals surface area contributed by atoms with E-state index in [-0.39, 0.29) is 12.5 Å². The Morgan fingerprint density at radius 2 is 1.59 bits per heavy atom. The van der Waals surface area contributed by atoms with E-state index >= 15 is 0 Å². The number of aliphatic carboxylic acids is 1. The molecule has 166 valence electrons. The van der Waals surface area contributed by atoms with Crippen molar-refractivity contribution in [3.63, 3.8) is 0 Å². The van der Waals surface area contributed by atoms with Gasteiger partial charge in [-0.2, -0.15) is 0 Å². The first-order valence-electron chi connectivity index (χ1n) is 11.1. The maximum Gasteiger partial charge on any atom is 0.407 e. The van der Waals surface area contributed by atoms with Gasteiger partial charge in [-0.25, -0.2) is 9.59 Å². The van der Waals surface area contributed by atoms with Crippen molar-refractivity contribution in [2.45, 2.75) is 49.6 Å². The molecule has 0 spiro atoms. The zero-order valence-corrected chi connectivity index (χ0v) is 17.7. The molecule has 0 unspecified atom stereocenters. The number of alkyl carbamates (subject to hydrolysis) is 1. The molecule has 2 saturated carbocycles. The van der Waals surface area contributed by atoms with Crippen molar-refractivity contribution < 1.29 is 24.2 Å². The SMILES string of the molecule is O=C(N[C@@H](CC1CC1)C(=O)NC1(C(=O)O)CC1)OCC1c2ccccc2-c2ccccc21. The highest BCUT2D eigenvalue weighted by atomic mass is 16.5. The molecule has 0 bridgehead atoms. The Balaban J connectivity index is 1.24. The number of rotatable bonds is 8. The lowest BCUT2D eigenvalue weighted by molar-refractivity contribution is -0.143. The van der Waals surface area contributed by atoms with E-state index < -0.39 is 29.6 Å². The number of carboxylic acids is 1. The smallest absolute Gasteiger partial charge is 0.407 e. The maximum absolute atomic E-state index is 12.7. The van der Waals surface area contributed by atoms with Gasteiger partial charge < -0.3 is 20.5 Å². The highest BCUT2D eigenvalue weighted by molar-refractivity contribution is 5.93. The van der Waals surface area contributed by atoms with E-state index in [2.05, 4.69) is 22.8 Å². The number of hydrogen-bond acceptors (Lipinski definition) is 4. The molecule has 2 amide bonds. The number of benzene rings is 2. The minimum Gasteiger partial charge on any atom is -0.480 e. The zero-order chi connectivity index (χ0) is 22.3. The van der Waals surface area contributed by atoms with E-state index in [4.69, 9.17) is 4.74 Å². The van der Waals surface area contributed by atoms with Gasteiger partial charge >= 0.3 is 12.1 Å². The van der Waals surface area contributed by atoms with Crippen molar-refractivity contribution >= 4 is 18.0 Å². The van der Waals surface area contributed by atoms with Gasteiger partial charge in [0.1, 0.15) is 18.2 Å². The molecule has 2 aromatic rings. The fourth-order valence-corrected chi connectivity index (χ4v) is 4.54. The molecule has 0 aromatic heterocycles. The first-order chi connectivity index (χ1) is 15.5. The van der Waals surface area contributed by atoms with Crippen molar-refractivity contribution in [3.8, 4) is 11.1 Å². The fourth-order valence-electron chi connectivity index (χ4n) is 4.54. The van der Waals surface area contributed by atoms with Crippen LogP contribution in [0.4, 0.5) is 4.79 Å². The van der Waals surface area contributed by atoms with E-state index in [1.165, 1.54) is 0 Å². The molecule has 2 fully saturated rings. The molecule has 0 aliphatic heterocycles. The van der Waals surface area contributed by atoms with Gasteiger partial charge in [0.15, 0.2) is 0 Å². The van der Waals surface area contributed by atoms with Crippen LogP contribution >= 0.6 is 0 Å². The molecule has 5 rings (SSSR count). The standard InChI is InChI=1S/C25H26N2O5/c28-22(27-25(11-12-25)23(29)30)21(13-15-9-10-15)26-24(31)32-14-20-18-7-3-1-5-16(18)17-6-2-4-8-19(17)20/h1-8,15,20-21H,9-14H2,(H,26,31)(H,27,28)(H,29,30)/t21-/m0/s1. The monoisotopic (exact) mass is 434 g/mol. The highest BCUT2D eigenvalue weighted by Crippen LogP contribution is 2.44. The number of fused-ring (bicyclic) bond motifs is 3. The quantitative estimate of drug-likeness (QED) is 0.590. The summed E-state index contributed by atoms with van der Waals surface area (Å²) in [6.45, 7) is 0.163. The zero-order valence-electron chi connectivity index (χ0n) is 17.7. The lowest BCUT2D eigenvalue weighted by Crippen LogP contribution is -2.53. The third-order valence-electron chi connectivity index (χ3n) is 6.74. The molecule has 1 atom stereocenters. The van der Waals surface area contributed by atoms with Gasteiger partial charge in [-0.1, -0.05) is 61.4 Å². The van der Waals surface area contributed by atoms with Crippen LogP contribution in [-0.4, -0.2) is 41.3 Å². The Hall–Kier alpha value is -3.35. The molecule has 0 radical (unpaired) electrons. The Morgan fingerprint density at radius 3 is 2.12 bits per heavy atom. The van der Waals surface area contributed by atoms with Gasteiger partial charge in [0, 0.05) is 5.92 Å². The first-order valence-corrected chi connectivity index (χ1v) is 11.1. The average Bonchev–Trinajstić information content (AvgIpc) is 3.71. The van der Waals surface area contributed by atoms with Gasteiger partial charge in [-0.3, -0.25) is 4.79 Å². The number of amides is 2. The number of carbonyl (C=O) groups excluding carboxylic acids is 2. The van der Waals surface area contributed by atoms with Gasteiger partial charge in [-0.05, 0) is 47.4 Å². The highest BCUT2D eigenvalue weighted by Gasteiger charge is 2.52. The van der Waals surface area contributed by atoms with E-state index in [9.17, 15) is 19.5 Å². The number of carboxylic acid groups (broad SMARTS) is 1. The Kier molecular flexibility index (Phi) is 5.12. The summed E-state index contributed by atoms with van der Waals surface area (Å²) in [6, 6.07) is 15.4. The lowest BCUT2D eigenvalue weighted by Gasteiger charge is -2.21. The molecular weight excluding hydrogens is 408 g/mol. The molecule has 0 heterocycles. The fraction of sp³-hybridized carbons (Fsp3) is 0.400. The predicted molar refractivity (Wildman–Crippen MR) is 117 cm³/mol. The molecule has 3 aliphatic carbocycles. The second-order valence-electron chi connectivity index (χ2n) is 9.08. The predicted octanol–water partition coefficient (Wildman–Crippen LogP) is 3.43. The minimum absolute atomic E-state index is 0.0643. The third kappa shape index (κ3) is 3.95. The minimum atomic E-state index is -1.18. The molecular formula is C25H26N2O5. The molecule has 7 heteroatoms. The molecule has 3 aliphatic rings. The molecule has 3 N–H and O–H groups in total.